The molecular formula is C13H27NOS. The second kappa shape index (κ2) is 6.15. The largest absolute Gasteiger partial charge is 0.313 e. The third-order valence-electron chi connectivity index (χ3n) is 3.49. The lowest BCUT2D eigenvalue weighted by atomic mass is 9.86. The summed E-state index contributed by atoms with van der Waals surface area (Å²) in [5, 5.41) is 3.58. The molecule has 16 heavy (non-hydrogen) atoms. The van der Waals surface area contributed by atoms with Gasteiger partial charge in [-0.15, -0.1) is 0 Å². The third-order valence-corrected chi connectivity index (χ3v) is 5.43. The summed E-state index contributed by atoms with van der Waals surface area (Å²) < 4.78 is 11.8. The molecule has 3 atom stereocenters. The van der Waals surface area contributed by atoms with Crippen molar-refractivity contribution in [1.82, 2.24) is 5.32 Å². The molecule has 1 N–H and O–H groups in total. The summed E-state index contributed by atoms with van der Waals surface area (Å²) >= 11 is 0. The van der Waals surface area contributed by atoms with E-state index in [1.807, 2.05) is 20.8 Å². The summed E-state index contributed by atoms with van der Waals surface area (Å²) in [5.41, 5.74) is 0. The smallest absolute Gasteiger partial charge is 0.0375 e. The Labute approximate surface area is 103 Å². The fourth-order valence-electron chi connectivity index (χ4n) is 2.26. The molecule has 0 bridgehead atoms. The van der Waals surface area contributed by atoms with Crippen molar-refractivity contribution in [2.24, 2.45) is 5.92 Å². The minimum absolute atomic E-state index is 0.0696. The zero-order valence-electron chi connectivity index (χ0n) is 11.2. The van der Waals surface area contributed by atoms with Crippen molar-refractivity contribution in [3.05, 3.63) is 0 Å². The van der Waals surface area contributed by atoms with Gasteiger partial charge in [0.2, 0.25) is 0 Å². The Bertz CT molecular complexity index is 235. The van der Waals surface area contributed by atoms with Gasteiger partial charge in [0.25, 0.3) is 0 Å². The first-order chi connectivity index (χ1) is 7.41. The zero-order chi connectivity index (χ0) is 12.2. The summed E-state index contributed by atoms with van der Waals surface area (Å²) in [4.78, 5) is 0. The van der Waals surface area contributed by atoms with Crippen LogP contribution < -0.4 is 5.32 Å². The van der Waals surface area contributed by atoms with Gasteiger partial charge in [0.05, 0.1) is 0 Å². The highest BCUT2D eigenvalue weighted by molar-refractivity contribution is 7.86. The van der Waals surface area contributed by atoms with Gasteiger partial charge in [-0.25, -0.2) is 0 Å². The van der Waals surface area contributed by atoms with E-state index in [1.165, 1.54) is 25.7 Å². The molecule has 0 heterocycles. The van der Waals surface area contributed by atoms with Crippen LogP contribution in [0.25, 0.3) is 0 Å². The molecular weight excluding hydrogens is 218 g/mol. The average molecular weight is 245 g/mol. The van der Waals surface area contributed by atoms with Gasteiger partial charge < -0.3 is 5.32 Å². The highest BCUT2D eigenvalue weighted by Gasteiger charge is 2.22. The Morgan fingerprint density at radius 1 is 1.25 bits per heavy atom. The number of hydrogen-bond acceptors (Lipinski definition) is 2. The van der Waals surface area contributed by atoms with Gasteiger partial charge in [-0.05, 0) is 39.5 Å². The van der Waals surface area contributed by atoms with E-state index < -0.39 is 10.8 Å². The van der Waals surface area contributed by atoms with Crippen LogP contribution in [0.3, 0.4) is 0 Å². The molecule has 1 fully saturated rings. The highest BCUT2D eigenvalue weighted by atomic mass is 32.2. The molecule has 0 spiro atoms. The molecule has 3 heteroatoms. The lowest BCUT2D eigenvalue weighted by Crippen LogP contribution is -2.40. The molecule has 0 amide bonds. The maximum Gasteiger partial charge on any atom is 0.0375 e. The summed E-state index contributed by atoms with van der Waals surface area (Å²) in [6, 6.07) is 0.658. The van der Waals surface area contributed by atoms with Crippen LogP contribution in [-0.2, 0) is 10.8 Å². The van der Waals surface area contributed by atoms with Crippen LogP contribution in [0.15, 0.2) is 0 Å². The maximum absolute atomic E-state index is 11.9. The monoisotopic (exact) mass is 245 g/mol. The topological polar surface area (TPSA) is 29.1 Å². The number of rotatable bonds is 4. The Balaban J connectivity index is 2.22. The molecule has 96 valence electrons. The van der Waals surface area contributed by atoms with E-state index in [4.69, 9.17) is 0 Å². The van der Waals surface area contributed by atoms with E-state index in [0.29, 0.717) is 6.04 Å². The van der Waals surface area contributed by atoms with Crippen LogP contribution in [0, 0.1) is 5.92 Å². The second-order valence-electron chi connectivity index (χ2n) is 5.98. The van der Waals surface area contributed by atoms with E-state index in [1.54, 1.807) is 0 Å². The predicted molar refractivity (Wildman–Crippen MR) is 72.2 cm³/mol. The first-order valence-corrected chi connectivity index (χ1v) is 7.85. The minimum Gasteiger partial charge on any atom is -0.313 e. The van der Waals surface area contributed by atoms with Crippen molar-refractivity contribution >= 4 is 10.8 Å². The lowest BCUT2D eigenvalue weighted by Gasteiger charge is -2.30. The second-order valence-corrected chi connectivity index (χ2v) is 8.31. The van der Waals surface area contributed by atoms with Crippen LogP contribution in [0.4, 0.5) is 0 Å². The quantitative estimate of drug-likeness (QED) is 0.825. The van der Waals surface area contributed by atoms with E-state index in [9.17, 15) is 4.21 Å². The summed E-state index contributed by atoms with van der Waals surface area (Å²) in [5.74, 6) is 1.57. The Morgan fingerprint density at radius 3 is 2.44 bits per heavy atom. The number of nitrogens with one attached hydrogen (secondary N) is 1. The van der Waals surface area contributed by atoms with E-state index >= 15 is 0 Å². The fourth-order valence-corrected chi connectivity index (χ4v) is 3.18. The molecule has 0 aromatic rings. The molecule has 0 saturated heterocycles. The van der Waals surface area contributed by atoms with Gasteiger partial charge in [0, 0.05) is 33.9 Å². The van der Waals surface area contributed by atoms with Gasteiger partial charge in [0.15, 0.2) is 0 Å². The van der Waals surface area contributed by atoms with E-state index in [0.717, 1.165) is 18.2 Å². The summed E-state index contributed by atoms with van der Waals surface area (Å²) in [7, 11) is -0.715. The fraction of sp³-hybridized carbons (Fsp3) is 1.00. The first kappa shape index (κ1) is 14.2. The normalized spacial score (nSPS) is 29.0. The van der Waals surface area contributed by atoms with Gasteiger partial charge in [-0.1, -0.05) is 19.8 Å². The molecule has 2 nitrogen and oxygen atoms in total. The zero-order valence-corrected chi connectivity index (χ0v) is 12.0. The lowest BCUT2D eigenvalue weighted by molar-refractivity contribution is 0.285. The van der Waals surface area contributed by atoms with Crippen LogP contribution in [0.1, 0.15) is 53.4 Å². The molecule has 0 aromatic heterocycles. The van der Waals surface area contributed by atoms with E-state index in [2.05, 4.69) is 12.2 Å². The summed E-state index contributed by atoms with van der Waals surface area (Å²) in [6.07, 6.45) is 5.38. The molecule has 1 aliphatic rings. The standard InChI is InChI=1S/C13H27NOS/c1-11-7-5-6-8-12(11)14-9-10-16(15)13(2,3)4/h11-12,14H,5-10H2,1-4H3. The first-order valence-electron chi connectivity index (χ1n) is 6.53. The Kier molecular flexibility index (Phi) is 5.45. The molecule has 0 aromatic carbocycles. The van der Waals surface area contributed by atoms with Crippen LogP contribution in [-0.4, -0.2) is 27.3 Å². The van der Waals surface area contributed by atoms with Crippen molar-refractivity contribution in [3.63, 3.8) is 0 Å². The van der Waals surface area contributed by atoms with Crippen LogP contribution >= 0.6 is 0 Å². The molecule has 0 radical (unpaired) electrons. The average Bonchev–Trinajstić information content (AvgIpc) is 2.19. The highest BCUT2D eigenvalue weighted by Crippen LogP contribution is 2.23. The van der Waals surface area contributed by atoms with E-state index in [-0.39, 0.29) is 4.75 Å². The molecule has 0 aliphatic heterocycles. The Morgan fingerprint density at radius 2 is 1.88 bits per heavy atom. The van der Waals surface area contributed by atoms with Crippen molar-refractivity contribution in [3.8, 4) is 0 Å². The molecule has 3 unspecified atom stereocenters. The van der Waals surface area contributed by atoms with Crippen molar-refractivity contribution in [1.29, 1.82) is 0 Å². The van der Waals surface area contributed by atoms with Gasteiger partial charge in [-0.2, -0.15) is 0 Å². The van der Waals surface area contributed by atoms with Crippen molar-refractivity contribution in [2.75, 3.05) is 12.3 Å². The Hall–Kier alpha value is 0.110. The molecule has 1 rings (SSSR count). The predicted octanol–water partition coefficient (Wildman–Crippen LogP) is 2.70. The molecule has 1 saturated carbocycles. The van der Waals surface area contributed by atoms with Crippen LogP contribution in [0.2, 0.25) is 0 Å². The SMILES string of the molecule is CC1CCCCC1NCCS(=O)C(C)(C)C. The minimum atomic E-state index is -0.715. The van der Waals surface area contributed by atoms with Crippen molar-refractivity contribution in [2.45, 2.75) is 64.2 Å². The summed E-state index contributed by atoms with van der Waals surface area (Å²) in [6.45, 7) is 9.38. The number of hydrogen-bond donors (Lipinski definition) is 1. The van der Waals surface area contributed by atoms with Crippen LogP contribution in [0.5, 0.6) is 0 Å². The van der Waals surface area contributed by atoms with Gasteiger partial charge in [-0.3, -0.25) is 4.21 Å². The molecule has 1 aliphatic carbocycles. The third kappa shape index (κ3) is 4.54. The van der Waals surface area contributed by atoms with Gasteiger partial charge in [0.1, 0.15) is 0 Å². The maximum atomic E-state index is 11.9. The van der Waals surface area contributed by atoms with Gasteiger partial charge >= 0.3 is 0 Å². The van der Waals surface area contributed by atoms with Crippen molar-refractivity contribution < 1.29 is 4.21 Å².